The zero-order valence-electron chi connectivity index (χ0n) is 29.8. The lowest BCUT2D eigenvalue weighted by molar-refractivity contribution is -0.143. The van der Waals surface area contributed by atoms with Gasteiger partial charge in [-0.15, -0.1) is 0 Å². The van der Waals surface area contributed by atoms with E-state index in [4.69, 9.17) is 32.4 Å². The monoisotopic (exact) mass is 847 g/mol. The van der Waals surface area contributed by atoms with Gasteiger partial charge in [0.1, 0.15) is 29.3 Å². The van der Waals surface area contributed by atoms with Crippen LogP contribution in [-0.2, 0) is 43.6 Å². The maximum absolute atomic E-state index is 15.3. The van der Waals surface area contributed by atoms with Gasteiger partial charge in [0.25, 0.3) is 11.8 Å². The van der Waals surface area contributed by atoms with E-state index < -0.39 is 94.4 Å². The van der Waals surface area contributed by atoms with Crippen molar-refractivity contribution in [3.05, 3.63) is 123 Å². The summed E-state index contributed by atoms with van der Waals surface area (Å²) in [7, 11) is 1.44. The molecule has 2 N–H and O–H groups in total. The first-order valence-electron chi connectivity index (χ1n) is 17.7. The molecule has 0 bridgehead atoms. The minimum atomic E-state index is -5.26. The van der Waals surface area contributed by atoms with Crippen molar-refractivity contribution in [2.45, 2.75) is 43.1 Å². The number of hydrogen-bond donors (Lipinski definition) is 2. The van der Waals surface area contributed by atoms with Gasteiger partial charge in [-0.25, -0.2) is 4.90 Å². The lowest BCUT2D eigenvalue weighted by atomic mass is 9.50. The van der Waals surface area contributed by atoms with Crippen LogP contribution < -0.4 is 15.1 Å². The van der Waals surface area contributed by atoms with Crippen LogP contribution in [0.25, 0.3) is 0 Å². The van der Waals surface area contributed by atoms with Crippen molar-refractivity contribution in [3.63, 3.8) is 0 Å². The third-order valence-corrected chi connectivity index (χ3v) is 12.1. The number of carbonyl (C=O) groups is 4. The largest absolute Gasteiger partial charge is 0.497 e. The molecule has 3 heterocycles. The first kappa shape index (κ1) is 39.5. The summed E-state index contributed by atoms with van der Waals surface area (Å²) in [5.74, 6) is -9.16. The first-order valence-corrected chi connectivity index (χ1v) is 18.5. The van der Waals surface area contributed by atoms with Crippen molar-refractivity contribution in [2.75, 3.05) is 17.4 Å². The van der Waals surface area contributed by atoms with Crippen LogP contribution in [0, 0.1) is 23.7 Å². The van der Waals surface area contributed by atoms with Gasteiger partial charge in [-0.1, -0.05) is 47.0 Å². The van der Waals surface area contributed by atoms with Crippen molar-refractivity contribution in [3.8, 4) is 5.75 Å². The number of amides is 4. The number of ether oxygens (including phenoxy) is 1. The fourth-order valence-corrected chi connectivity index (χ4v) is 9.56. The highest BCUT2D eigenvalue weighted by Crippen LogP contribution is 2.64. The second kappa shape index (κ2) is 13.9. The highest BCUT2D eigenvalue weighted by molar-refractivity contribution is 6.36. The quantitative estimate of drug-likeness (QED) is 0.108. The van der Waals surface area contributed by atoms with E-state index in [1.165, 1.54) is 37.4 Å². The second-order valence-corrected chi connectivity index (χ2v) is 15.3. The molecule has 1 saturated carbocycles. The van der Waals surface area contributed by atoms with Gasteiger partial charge in [-0.3, -0.25) is 24.6 Å². The molecule has 4 amide bonds. The molecule has 3 fully saturated rings. The van der Waals surface area contributed by atoms with E-state index in [2.05, 4.69) is 5.43 Å². The number of methoxy groups -OCH3 is 1. The molecule has 2 aliphatic carbocycles. The molecule has 4 aliphatic rings. The topological polar surface area (TPSA) is 129 Å². The lowest BCUT2D eigenvalue weighted by Crippen LogP contribution is -2.53. The van der Waals surface area contributed by atoms with E-state index in [1.54, 1.807) is 30.3 Å². The Kier molecular flexibility index (Phi) is 9.48. The van der Waals surface area contributed by atoms with Crippen LogP contribution in [0.4, 0.5) is 37.7 Å². The number of aliphatic hydroxyl groups is 1. The molecule has 0 spiro atoms. The highest BCUT2D eigenvalue weighted by atomic mass is 35.5. The molecule has 10 nitrogen and oxygen atoms in total. The predicted molar refractivity (Wildman–Crippen MR) is 194 cm³/mol. The van der Waals surface area contributed by atoms with Crippen LogP contribution in [0.2, 0.25) is 10.0 Å². The van der Waals surface area contributed by atoms with Crippen LogP contribution in [0.5, 0.6) is 5.75 Å². The number of alkyl halides is 6. The van der Waals surface area contributed by atoms with Crippen molar-refractivity contribution in [1.29, 1.82) is 0 Å². The Labute approximate surface area is 334 Å². The molecule has 4 aromatic rings. The van der Waals surface area contributed by atoms with Gasteiger partial charge in [-0.2, -0.15) is 31.4 Å². The number of allylic oxidation sites excluding steroid dienone is 2. The molecule has 2 aliphatic heterocycles. The summed E-state index contributed by atoms with van der Waals surface area (Å²) in [6.45, 7) is -0.548. The van der Waals surface area contributed by atoms with Crippen LogP contribution in [0.3, 0.4) is 0 Å². The number of hydrazine groups is 1. The minimum absolute atomic E-state index is 0.0642. The zero-order valence-corrected chi connectivity index (χ0v) is 31.3. The Bertz CT molecular complexity index is 2380. The van der Waals surface area contributed by atoms with E-state index in [-0.39, 0.29) is 46.2 Å². The number of anilines is 2. The third-order valence-electron chi connectivity index (χ3n) is 11.5. The van der Waals surface area contributed by atoms with Gasteiger partial charge >= 0.3 is 12.4 Å². The molecule has 1 aromatic heterocycles. The maximum Gasteiger partial charge on any atom is 0.416 e. The summed E-state index contributed by atoms with van der Waals surface area (Å²) in [4.78, 5) is 59.0. The summed E-state index contributed by atoms with van der Waals surface area (Å²) >= 11 is 12.6. The summed E-state index contributed by atoms with van der Waals surface area (Å²) in [6, 6.07) is 14.2. The molecule has 3 aromatic carbocycles. The van der Waals surface area contributed by atoms with Crippen LogP contribution >= 0.6 is 23.2 Å². The van der Waals surface area contributed by atoms with E-state index in [0.717, 1.165) is 5.01 Å². The van der Waals surface area contributed by atoms with Crippen LogP contribution in [-0.4, -0.2) is 40.9 Å². The van der Waals surface area contributed by atoms with Gasteiger partial charge in [0, 0.05) is 5.02 Å². The van der Waals surface area contributed by atoms with Crippen LogP contribution in [0.1, 0.15) is 47.0 Å². The Morgan fingerprint density at radius 2 is 1.53 bits per heavy atom. The number of rotatable bonds is 7. The summed E-state index contributed by atoms with van der Waals surface area (Å²) in [5.41, 5.74) is -2.50. The molecule has 58 heavy (non-hydrogen) atoms. The SMILES string of the molecule is COc1ccc(C23C(=O)N(Nc4ccc(Cl)cc4Cl)C(=O)C2CC2C(=CCC4C(=O)N(c5cc(C(F)(F)F)cc(C(F)(F)F)c5)C(=O)C42)C3c2ccc(CO)o2)cc1. The molecular weight excluding hydrogens is 819 g/mol. The van der Waals surface area contributed by atoms with E-state index >= 15 is 4.79 Å². The third kappa shape index (κ3) is 6.06. The number of halogens is 8. The average Bonchev–Trinajstić information content (AvgIpc) is 3.82. The van der Waals surface area contributed by atoms with Gasteiger partial charge in [-0.05, 0) is 85.0 Å². The van der Waals surface area contributed by atoms with E-state index in [1.807, 2.05) is 0 Å². The first-order chi connectivity index (χ1) is 27.4. The Balaban J connectivity index is 1.30. The summed E-state index contributed by atoms with van der Waals surface area (Å²) in [5, 5.41) is 11.1. The number of nitrogens with one attached hydrogen (secondary N) is 1. The van der Waals surface area contributed by atoms with Crippen molar-refractivity contribution in [1.82, 2.24) is 5.01 Å². The Hall–Kier alpha value is -5.32. The van der Waals surface area contributed by atoms with Gasteiger partial charge in [0.05, 0.1) is 58.3 Å². The number of furan rings is 1. The number of nitrogens with zero attached hydrogens (tertiary/aromatic N) is 2. The fraction of sp³-hybridized carbons (Fsp3) is 0.300. The van der Waals surface area contributed by atoms with Crippen molar-refractivity contribution >= 4 is 58.2 Å². The van der Waals surface area contributed by atoms with Gasteiger partial charge in [0.2, 0.25) is 11.8 Å². The number of carbonyl (C=O) groups excluding carboxylic acids is 4. The van der Waals surface area contributed by atoms with Crippen LogP contribution in [0.15, 0.2) is 88.9 Å². The average molecular weight is 849 g/mol. The Morgan fingerprint density at radius 1 is 0.862 bits per heavy atom. The van der Waals surface area contributed by atoms with E-state index in [9.17, 15) is 45.8 Å². The normalized spacial score (nSPS) is 25.8. The summed E-state index contributed by atoms with van der Waals surface area (Å²) < 4.78 is 94.9. The number of benzene rings is 3. The molecule has 302 valence electrons. The molecule has 18 heteroatoms. The zero-order chi connectivity index (χ0) is 41.6. The molecular formula is C40H29Cl2F6N3O7. The standard InChI is InChI=1S/C40H29Cl2F6N3O7/c1-57-23-5-2-18(3-6-23)38-28(35(54)51(37(38)56)49-30-10-4-21(41)15-29(30)42)16-27-25(33(38)31-11-7-24(17-52)58-31)8-9-26-32(27)36(55)50(34(26)53)22-13-19(39(43,44)45)12-20(14-22)40(46,47)48/h2-8,10-15,26-28,32-33,49,52H,9,16-17H2,1H3. The highest BCUT2D eigenvalue weighted by Gasteiger charge is 2.71. The molecule has 0 radical (unpaired) electrons. The molecule has 2 saturated heterocycles. The molecule has 6 atom stereocenters. The second-order valence-electron chi connectivity index (χ2n) is 14.5. The maximum atomic E-state index is 15.3. The Morgan fingerprint density at radius 3 is 2.12 bits per heavy atom. The fourth-order valence-electron chi connectivity index (χ4n) is 9.11. The molecule has 8 rings (SSSR count). The van der Waals surface area contributed by atoms with Crippen molar-refractivity contribution in [2.24, 2.45) is 23.7 Å². The predicted octanol–water partition coefficient (Wildman–Crippen LogP) is 8.31. The van der Waals surface area contributed by atoms with Gasteiger partial charge < -0.3 is 14.3 Å². The number of fused-ring (bicyclic) bond motifs is 4. The lowest BCUT2D eigenvalue weighted by Gasteiger charge is -2.49. The van der Waals surface area contributed by atoms with Crippen molar-refractivity contribution < 1.29 is 59.8 Å². The smallest absolute Gasteiger partial charge is 0.416 e. The number of imide groups is 2. The number of hydrogen-bond acceptors (Lipinski definition) is 8. The number of aliphatic hydroxyl groups excluding tert-OH is 1. The minimum Gasteiger partial charge on any atom is -0.497 e. The summed E-state index contributed by atoms with van der Waals surface area (Å²) in [6.07, 6.45) is -9.35. The van der Waals surface area contributed by atoms with Gasteiger partial charge in [0.15, 0.2) is 0 Å². The van der Waals surface area contributed by atoms with E-state index in [0.29, 0.717) is 33.9 Å². The molecule has 6 unspecified atom stereocenters.